The van der Waals surface area contributed by atoms with Gasteiger partial charge in [0.05, 0.1) is 11.9 Å². The van der Waals surface area contributed by atoms with Crippen LogP contribution in [0, 0.1) is 0 Å². The first-order chi connectivity index (χ1) is 11.0. The second kappa shape index (κ2) is 7.77. The normalized spacial score (nSPS) is 12.4. The third kappa shape index (κ3) is 5.10. The lowest BCUT2D eigenvalue weighted by Crippen LogP contribution is -2.45. The van der Waals surface area contributed by atoms with E-state index in [-0.39, 0.29) is 5.60 Å². The number of guanidine groups is 1. The van der Waals surface area contributed by atoms with E-state index in [0.717, 1.165) is 11.8 Å². The van der Waals surface area contributed by atoms with Gasteiger partial charge in [-0.25, -0.2) is 4.98 Å². The van der Waals surface area contributed by atoms with E-state index in [1.54, 1.807) is 20.4 Å². The molecule has 0 saturated heterocycles. The molecule has 8 nitrogen and oxygen atoms in total. The number of nitrogens with one attached hydrogen (secondary N) is 3. The van der Waals surface area contributed by atoms with Crippen molar-refractivity contribution in [3.63, 3.8) is 0 Å². The van der Waals surface area contributed by atoms with Crippen molar-refractivity contribution in [2.75, 3.05) is 27.2 Å². The fraction of sp³-hybridized carbons (Fsp3) is 0.533. The highest BCUT2D eigenvalue weighted by Crippen LogP contribution is 2.14. The van der Waals surface area contributed by atoms with E-state index in [9.17, 15) is 0 Å². The number of hydrogen-bond acceptors (Lipinski definition) is 5. The van der Waals surface area contributed by atoms with Gasteiger partial charge in [0.2, 0.25) is 5.82 Å². The first kappa shape index (κ1) is 17.0. The van der Waals surface area contributed by atoms with Crippen molar-refractivity contribution in [3.05, 3.63) is 24.2 Å². The lowest BCUT2D eigenvalue weighted by Gasteiger charge is -2.24. The molecule has 23 heavy (non-hydrogen) atoms. The monoisotopic (exact) mass is 320 g/mol. The minimum atomic E-state index is -0.250. The van der Waals surface area contributed by atoms with Crippen molar-refractivity contribution >= 4 is 5.96 Å². The molecule has 0 saturated carbocycles. The first-order valence-corrected chi connectivity index (χ1v) is 7.49. The maximum atomic E-state index is 5.37. The SMILES string of the molecule is CN=C(NCCc1nc(-c2ccco2)n[nH]1)NCC(C)(C)OC. The van der Waals surface area contributed by atoms with Crippen molar-refractivity contribution in [2.45, 2.75) is 25.9 Å². The number of ether oxygens (including phenoxy) is 1. The van der Waals surface area contributed by atoms with Crippen molar-refractivity contribution in [1.29, 1.82) is 0 Å². The number of rotatable bonds is 7. The predicted molar refractivity (Wildman–Crippen MR) is 88.2 cm³/mol. The molecule has 0 aliphatic rings. The van der Waals surface area contributed by atoms with Crippen molar-refractivity contribution in [3.8, 4) is 11.6 Å². The van der Waals surface area contributed by atoms with Gasteiger partial charge in [0.15, 0.2) is 11.7 Å². The summed E-state index contributed by atoms with van der Waals surface area (Å²) >= 11 is 0. The van der Waals surface area contributed by atoms with Crippen LogP contribution in [0.25, 0.3) is 11.6 Å². The van der Waals surface area contributed by atoms with Crippen LogP contribution in [0.4, 0.5) is 0 Å². The summed E-state index contributed by atoms with van der Waals surface area (Å²) in [5.41, 5.74) is -0.250. The van der Waals surface area contributed by atoms with Crippen LogP contribution in [0.5, 0.6) is 0 Å². The number of furan rings is 1. The molecule has 2 rings (SSSR count). The molecule has 0 fully saturated rings. The first-order valence-electron chi connectivity index (χ1n) is 7.49. The van der Waals surface area contributed by atoms with Crippen LogP contribution in [0.1, 0.15) is 19.7 Å². The summed E-state index contributed by atoms with van der Waals surface area (Å²) < 4.78 is 10.6. The van der Waals surface area contributed by atoms with Crippen LogP contribution >= 0.6 is 0 Å². The molecule has 0 atom stereocenters. The highest BCUT2D eigenvalue weighted by atomic mass is 16.5. The van der Waals surface area contributed by atoms with E-state index in [1.807, 2.05) is 26.0 Å². The second-order valence-corrected chi connectivity index (χ2v) is 5.65. The Balaban J connectivity index is 1.77. The smallest absolute Gasteiger partial charge is 0.216 e. The molecule has 0 bridgehead atoms. The van der Waals surface area contributed by atoms with Gasteiger partial charge in [0.25, 0.3) is 0 Å². The number of aromatic amines is 1. The van der Waals surface area contributed by atoms with Gasteiger partial charge < -0.3 is 19.8 Å². The van der Waals surface area contributed by atoms with Gasteiger partial charge in [-0.15, -0.1) is 0 Å². The molecule has 0 amide bonds. The summed E-state index contributed by atoms with van der Waals surface area (Å²) in [6.07, 6.45) is 2.30. The maximum absolute atomic E-state index is 5.37. The van der Waals surface area contributed by atoms with Gasteiger partial charge in [-0.3, -0.25) is 10.1 Å². The fourth-order valence-corrected chi connectivity index (χ4v) is 1.81. The topological polar surface area (TPSA) is 100 Å². The molecular weight excluding hydrogens is 296 g/mol. The largest absolute Gasteiger partial charge is 0.461 e. The van der Waals surface area contributed by atoms with Crippen molar-refractivity contribution in [2.24, 2.45) is 4.99 Å². The summed E-state index contributed by atoms with van der Waals surface area (Å²) in [6, 6.07) is 3.64. The third-order valence-corrected chi connectivity index (χ3v) is 3.39. The van der Waals surface area contributed by atoms with Crippen LogP contribution in [-0.2, 0) is 11.2 Å². The Kier molecular flexibility index (Phi) is 5.75. The van der Waals surface area contributed by atoms with Gasteiger partial charge in [-0.05, 0) is 26.0 Å². The minimum Gasteiger partial charge on any atom is -0.461 e. The van der Waals surface area contributed by atoms with E-state index in [0.29, 0.717) is 31.1 Å². The fourth-order valence-electron chi connectivity index (χ4n) is 1.81. The van der Waals surface area contributed by atoms with Gasteiger partial charge in [-0.2, -0.15) is 5.10 Å². The summed E-state index contributed by atoms with van der Waals surface area (Å²) in [4.78, 5) is 8.57. The lowest BCUT2D eigenvalue weighted by atomic mass is 10.1. The van der Waals surface area contributed by atoms with Crippen LogP contribution < -0.4 is 10.6 Å². The maximum Gasteiger partial charge on any atom is 0.216 e. The van der Waals surface area contributed by atoms with E-state index in [4.69, 9.17) is 9.15 Å². The van der Waals surface area contributed by atoms with E-state index >= 15 is 0 Å². The van der Waals surface area contributed by atoms with Crippen LogP contribution in [0.3, 0.4) is 0 Å². The summed E-state index contributed by atoms with van der Waals surface area (Å²) in [7, 11) is 3.43. The quantitative estimate of drug-likeness (QED) is 0.523. The molecule has 2 heterocycles. The van der Waals surface area contributed by atoms with E-state index in [1.165, 1.54) is 0 Å². The van der Waals surface area contributed by atoms with Gasteiger partial charge in [-0.1, -0.05) is 0 Å². The number of nitrogens with zero attached hydrogens (tertiary/aromatic N) is 3. The zero-order valence-electron chi connectivity index (χ0n) is 14.0. The molecule has 2 aromatic rings. The van der Waals surface area contributed by atoms with Gasteiger partial charge >= 0.3 is 0 Å². The molecule has 0 radical (unpaired) electrons. The summed E-state index contributed by atoms with van der Waals surface area (Å²) in [6.45, 7) is 5.36. The zero-order valence-corrected chi connectivity index (χ0v) is 14.0. The highest BCUT2D eigenvalue weighted by molar-refractivity contribution is 5.79. The molecule has 0 aliphatic carbocycles. The third-order valence-electron chi connectivity index (χ3n) is 3.39. The average molecular weight is 320 g/mol. The number of H-pyrrole nitrogens is 1. The van der Waals surface area contributed by atoms with Crippen LogP contribution in [0.2, 0.25) is 0 Å². The molecule has 0 spiro atoms. The number of aromatic nitrogens is 3. The molecule has 2 aromatic heterocycles. The Morgan fingerprint density at radius 1 is 1.43 bits per heavy atom. The van der Waals surface area contributed by atoms with Crippen molar-refractivity contribution in [1.82, 2.24) is 25.8 Å². The van der Waals surface area contributed by atoms with E-state index < -0.39 is 0 Å². The number of hydrogen-bond donors (Lipinski definition) is 3. The minimum absolute atomic E-state index is 0.250. The highest BCUT2D eigenvalue weighted by Gasteiger charge is 2.16. The van der Waals surface area contributed by atoms with Crippen LogP contribution in [-0.4, -0.2) is 54.0 Å². The van der Waals surface area contributed by atoms with E-state index in [2.05, 4.69) is 30.8 Å². The summed E-state index contributed by atoms with van der Waals surface area (Å²) in [5, 5.41) is 13.5. The predicted octanol–water partition coefficient (Wildman–Crippen LogP) is 1.20. The average Bonchev–Trinajstić information content (AvgIpc) is 3.21. The van der Waals surface area contributed by atoms with Crippen LogP contribution in [0.15, 0.2) is 27.8 Å². The molecular formula is C15H24N6O2. The van der Waals surface area contributed by atoms with Gasteiger partial charge in [0.1, 0.15) is 5.82 Å². The molecule has 8 heteroatoms. The molecule has 0 unspecified atom stereocenters. The Labute approximate surface area is 135 Å². The number of methoxy groups -OCH3 is 1. The molecule has 0 aliphatic heterocycles. The van der Waals surface area contributed by atoms with Gasteiger partial charge in [0, 0.05) is 33.7 Å². The molecule has 126 valence electrons. The summed E-state index contributed by atoms with van der Waals surface area (Å²) in [5.74, 6) is 2.73. The second-order valence-electron chi connectivity index (χ2n) is 5.65. The molecule has 3 N–H and O–H groups in total. The molecule has 0 aromatic carbocycles. The number of aliphatic imine (C=N–C) groups is 1. The lowest BCUT2D eigenvalue weighted by molar-refractivity contribution is 0.0268. The Bertz CT molecular complexity index is 618. The standard InChI is InChI=1S/C15H24N6O2/c1-15(2,22-4)10-18-14(16-3)17-8-7-12-19-13(21-20-12)11-6-5-9-23-11/h5-6,9H,7-8,10H2,1-4H3,(H2,16,17,18)(H,19,20,21). The Morgan fingerprint density at radius 3 is 2.91 bits per heavy atom. The Morgan fingerprint density at radius 2 is 2.26 bits per heavy atom. The van der Waals surface area contributed by atoms with Crippen molar-refractivity contribution < 1.29 is 9.15 Å². The zero-order chi connectivity index (χ0) is 16.7. The Hall–Kier alpha value is -2.35.